The first-order valence-electron chi connectivity index (χ1n) is 10.7. The van der Waals surface area contributed by atoms with Gasteiger partial charge in [-0.05, 0) is 37.6 Å². The van der Waals surface area contributed by atoms with E-state index in [1.807, 2.05) is 0 Å². The minimum Gasteiger partial charge on any atom is -0.462 e. The number of nitro groups is 1. The highest BCUT2D eigenvalue weighted by Crippen LogP contribution is 2.43. The number of anilines is 1. The Kier molecular flexibility index (Phi) is 5.92. The predicted molar refractivity (Wildman–Crippen MR) is 135 cm³/mol. The molecule has 4 aromatic rings. The molecule has 0 bridgehead atoms. The maximum atomic E-state index is 13.7. The topological polar surface area (TPSA) is 133 Å². The smallest absolute Gasteiger partial charge is 0.350 e. The molecule has 0 saturated heterocycles. The second kappa shape index (κ2) is 8.95. The number of amides is 1. The summed E-state index contributed by atoms with van der Waals surface area (Å²) in [5.74, 6) is -1.41. The van der Waals surface area contributed by atoms with Crippen LogP contribution in [-0.2, 0) is 4.74 Å². The zero-order chi connectivity index (χ0) is 25.7. The molecular formula is C24H16BrN3O7S. The van der Waals surface area contributed by atoms with Gasteiger partial charge >= 0.3 is 5.97 Å². The van der Waals surface area contributed by atoms with E-state index in [1.165, 1.54) is 23.1 Å². The molecule has 1 atom stereocenters. The van der Waals surface area contributed by atoms with Gasteiger partial charge in [0, 0.05) is 16.6 Å². The van der Waals surface area contributed by atoms with E-state index in [0.29, 0.717) is 15.7 Å². The van der Waals surface area contributed by atoms with E-state index in [0.717, 1.165) is 11.3 Å². The molecule has 1 amide bonds. The van der Waals surface area contributed by atoms with Crippen LogP contribution in [0.3, 0.4) is 0 Å². The van der Waals surface area contributed by atoms with Crippen LogP contribution in [-0.4, -0.2) is 28.4 Å². The van der Waals surface area contributed by atoms with E-state index in [4.69, 9.17) is 9.15 Å². The minimum absolute atomic E-state index is 0.0386. The lowest BCUT2D eigenvalue weighted by molar-refractivity contribution is -0.384. The quantitative estimate of drug-likeness (QED) is 0.183. The Morgan fingerprint density at radius 1 is 1.28 bits per heavy atom. The van der Waals surface area contributed by atoms with E-state index in [9.17, 15) is 24.5 Å². The summed E-state index contributed by atoms with van der Waals surface area (Å²) in [7, 11) is 0. The van der Waals surface area contributed by atoms with E-state index in [-0.39, 0.29) is 44.6 Å². The van der Waals surface area contributed by atoms with Crippen LogP contribution in [0.25, 0.3) is 11.0 Å². The number of esters is 1. The highest BCUT2D eigenvalue weighted by Gasteiger charge is 2.45. The van der Waals surface area contributed by atoms with E-state index in [2.05, 4.69) is 20.9 Å². The van der Waals surface area contributed by atoms with Crippen molar-refractivity contribution >= 4 is 60.9 Å². The fourth-order valence-corrected chi connectivity index (χ4v) is 5.49. The number of carbonyl (C=O) groups is 2. The van der Waals surface area contributed by atoms with Gasteiger partial charge in [0.1, 0.15) is 10.5 Å². The number of nitrogens with zero attached hydrogens (tertiary/aromatic N) is 3. The monoisotopic (exact) mass is 569 g/mol. The fourth-order valence-electron chi connectivity index (χ4n) is 4.14. The van der Waals surface area contributed by atoms with Crippen LogP contribution in [0.2, 0.25) is 0 Å². The van der Waals surface area contributed by atoms with Crippen LogP contribution < -0.4 is 10.3 Å². The van der Waals surface area contributed by atoms with Crippen molar-refractivity contribution < 1.29 is 23.7 Å². The average molecular weight is 570 g/mol. The van der Waals surface area contributed by atoms with Crippen LogP contribution in [0.1, 0.15) is 50.0 Å². The van der Waals surface area contributed by atoms with Crippen molar-refractivity contribution in [2.45, 2.75) is 19.9 Å². The summed E-state index contributed by atoms with van der Waals surface area (Å²) in [6, 6.07) is 9.47. The number of nitro benzene ring substituents is 1. The van der Waals surface area contributed by atoms with Crippen LogP contribution >= 0.6 is 27.3 Å². The van der Waals surface area contributed by atoms with Gasteiger partial charge < -0.3 is 9.15 Å². The number of rotatable bonds is 5. The third-order valence-electron chi connectivity index (χ3n) is 5.68. The SMILES string of the molecule is CCOC(=O)c1sc(N2C(=O)c3oc4ccc(Br)cc4c(=O)c3C2c2cccc([N+](=O)[O-])c2)nc1C. The zero-order valence-electron chi connectivity index (χ0n) is 18.8. The van der Waals surface area contributed by atoms with Gasteiger partial charge in [-0.25, -0.2) is 9.78 Å². The molecule has 1 aliphatic heterocycles. The molecule has 36 heavy (non-hydrogen) atoms. The van der Waals surface area contributed by atoms with Crippen LogP contribution in [0.15, 0.2) is 56.1 Å². The number of aromatic nitrogens is 1. The van der Waals surface area contributed by atoms with Crippen molar-refractivity contribution in [3.8, 4) is 0 Å². The molecule has 3 heterocycles. The van der Waals surface area contributed by atoms with E-state index < -0.39 is 28.3 Å². The van der Waals surface area contributed by atoms with Crippen LogP contribution in [0, 0.1) is 17.0 Å². The fraction of sp³-hybridized carbons (Fsp3) is 0.167. The number of carbonyl (C=O) groups excluding carboxylic acids is 2. The largest absolute Gasteiger partial charge is 0.462 e. The van der Waals surface area contributed by atoms with Crippen molar-refractivity contribution in [1.82, 2.24) is 4.98 Å². The number of thiazole rings is 1. The van der Waals surface area contributed by atoms with Gasteiger partial charge in [0.05, 0.1) is 34.2 Å². The third-order valence-corrected chi connectivity index (χ3v) is 7.31. The van der Waals surface area contributed by atoms with Gasteiger partial charge in [0.25, 0.3) is 11.6 Å². The van der Waals surface area contributed by atoms with Crippen molar-refractivity contribution in [3.63, 3.8) is 0 Å². The first-order valence-corrected chi connectivity index (χ1v) is 12.3. The molecule has 0 fully saturated rings. The lowest BCUT2D eigenvalue weighted by Gasteiger charge is -2.22. The highest BCUT2D eigenvalue weighted by molar-refractivity contribution is 9.10. The Morgan fingerprint density at radius 3 is 2.78 bits per heavy atom. The van der Waals surface area contributed by atoms with Gasteiger partial charge in [-0.3, -0.25) is 24.6 Å². The Morgan fingerprint density at radius 2 is 2.06 bits per heavy atom. The molecule has 2 aromatic carbocycles. The molecule has 2 aromatic heterocycles. The molecule has 0 aliphatic carbocycles. The molecular weight excluding hydrogens is 554 g/mol. The second-order valence-corrected chi connectivity index (χ2v) is 9.77. The molecule has 12 heteroatoms. The number of benzene rings is 2. The van der Waals surface area contributed by atoms with Gasteiger partial charge in [0.2, 0.25) is 5.76 Å². The summed E-state index contributed by atoms with van der Waals surface area (Å²) < 4.78 is 11.6. The Hall–Kier alpha value is -3.90. The minimum atomic E-state index is -1.06. The Bertz CT molecular complexity index is 1640. The predicted octanol–water partition coefficient (Wildman–Crippen LogP) is 5.16. The van der Waals surface area contributed by atoms with Crippen LogP contribution in [0.5, 0.6) is 0 Å². The number of non-ortho nitro benzene ring substituents is 1. The van der Waals surface area contributed by atoms with Crippen molar-refractivity contribution in [3.05, 3.63) is 94.7 Å². The average Bonchev–Trinajstić information content (AvgIpc) is 3.37. The van der Waals surface area contributed by atoms with Crippen LogP contribution in [0.4, 0.5) is 10.8 Å². The van der Waals surface area contributed by atoms with Crippen molar-refractivity contribution in [1.29, 1.82) is 0 Å². The Balaban J connectivity index is 1.77. The van der Waals surface area contributed by atoms with Gasteiger partial charge in [0.15, 0.2) is 10.6 Å². The summed E-state index contributed by atoms with van der Waals surface area (Å²) in [5.41, 5.74) is 0.281. The van der Waals surface area contributed by atoms with E-state index in [1.54, 1.807) is 38.1 Å². The second-order valence-electron chi connectivity index (χ2n) is 7.88. The zero-order valence-corrected chi connectivity index (χ0v) is 21.2. The van der Waals surface area contributed by atoms with Crippen molar-refractivity contribution in [2.75, 3.05) is 11.5 Å². The van der Waals surface area contributed by atoms with Gasteiger partial charge in [-0.15, -0.1) is 0 Å². The molecule has 0 radical (unpaired) electrons. The van der Waals surface area contributed by atoms with Gasteiger partial charge in [-0.2, -0.15) is 0 Å². The lowest BCUT2D eigenvalue weighted by atomic mass is 9.98. The number of hydrogen-bond acceptors (Lipinski definition) is 9. The number of hydrogen-bond donors (Lipinski definition) is 0. The van der Waals surface area contributed by atoms with E-state index >= 15 is 0 Å². The normalized spacial score (nSPS) is 14.8. The molecule has 182 valence electrons. The maximum Gasteiger partial charge on any atom is 0.350 e. The number of ether oxygens (including phenoxy) is 1. The Labute approximate surface area is 215 Å². The molecule has 0 spiro atoms. The molecule has 10 nitrogen and oxygen atoms in total. The summed E-state index contributed by atoms with van der Waals surface area (Å²) >= 11 is 4.28. The van der Waals surface area contributed by atoms with Gasteiger partial charge in [-0.1, -0.05) is 39.4 Å². The molecule has 1 aliphatic rings. The first kappa shape index (κ1) is 23.8. The highest BCUT2D eigenvalue weighted by atomic mass is 79.9. The summed E-state index contributed by atoms with van der Waals surface area (Å²) in [4.78, 5) is 56.5. The molecule has 0 N–H and O–H groups in total. The number of aryl methyl sites for hydroxylation is 1. The maximum absolute atomic E-state index is 13.7. The molecule has 5 rings (SSSR count). The molecule has 1 unspecified atom stereocenters. The number of halogens is 1. The standard InChI is InChI=1S/C24H16BrN3O7S/c1-3-34-23(31)21-11(2)26-24(36-21)27-18(12-5-4-6-14(9-12)28(32)33)17-19(29)15-10-13(25)7-8-16(15)35-20(17)22(27)30/h4-10,18H,3H2,1-2H3. The summed E-state index contributed by atoms with van der Waals surface area (Å²) in [6.45, 7) is 3.45. The lowest BCUT2D eigenvalue weighted by Crippen LogP contribution is -2.29. The number of fused-ring (bicyclic) bond motifs is 2. The summed E-state index contributed by atoms with van der Waals surface area (Å²) in [6.07, 6.45) is 0. The summed E-state index contributed by atoms with van der Waals surface area (Å²) in [5, 5.41) is 11.8. The third kappa shape index (κ3) is 3.78. The van der Waals surface area contributed by atoms with Crippen molar-refractivity contribution in [2.24, 2.45) is 0 Å². The molecule has 0 saturated carbocycles. The first-order chi connectivity index (χ1) is 17.2.